The summed E-state index contributed by atoms with van der Waals surface area (Å²) in [5, 5.41) is 2.90. The van der Waals surface area contributed by atoms with E-state index in [0.717, 1.165) is 25.9 Å². The average Bonchev–Trinajstić information content (AvgIpc) is 2.47. The van der Waals surface area contributed by atoms with Crippen molar-refractivity contribution in [3.05, 3.63) is 28.8 Å². The van der Waals surface area contributed by atoms with Crippen LogP contribution in [0.5, 0.6) is 0 Å². The fourth-order valence-electron chi connectivity index (χ4n) is 2.18. The molecule has 122 valence electrons. The maximum Gasteiger partial charge on any atom is 0.251 e. The zero-order chi connectivity index (χ0) is 16.2. The molecule has 0 spiro atoms. The number of morpholine rings is 1. The van der Waals surface area contributed by atoms with Crippen LogP contribution in [0.1, 0.15) is 10.4 Å². The average molecular weight is 347 g/mol. The molecular formula is C14H19ClN2O4S. The van der Waals surface area contributed by atoms with Gasteiger partial charge in [-0.15, -0.1) is 0 Å². The second-order valence-electron chi connectivity index (χ2n) is 5.13. The van der Waals surface area contributed by atoms with Crippen LogP contribution in [0.3, 0.4) is 0 Å². The van der Waals surface area contributed by atoms with Crippen LogP contribution < -0.4 is 5.32 Å². The summed E-state index contributed by atoms with van der Waals surface area (Å²) in [5.74, 6) is -0.310. The number of halogens is 1. The van der Waals surface area contributed by atoms with E-state index in [-0.39, 0.29) is 21.4 Å². The standard InChI is InChI=1S/C14H19ClN2O4S/c1-22(19,20)13-10-11(2-3-12(13)15)14(18)16-4-5-17-6-8-21-9-7-17/h2-3,10H,4-9H2,1H3,(H,16,18). The zero-order valence-corrected chi connectivity index (χ0v) is 13.9. The number of amides is 1. The number of benzene rings is 1. The second-order valence-corrected chi connectivity index (χ2v) is 7.52. The minimum atomic E-state index is -3.46. The zero-order valence-electron chi connectivity index (χ0n) is 12.3. The SMILES string of the molecule is CS(=O)(=O)c1cc(C(=O)NCCN2CCOCC2)ccc1Cl. The van der Waals surface area contributed by atoms with Crippen molar-refractivity contribution in [1.29, 1.82) is 0 Å². The Bertz CT molecular complexity index is 642. The van der Waals surface area contributed by atoms with Gasteiger partial charge in [-0.25, -0.2) is 8.42 Å². The van der Waals surface area contributed by atoms with Crippen molar-refractivity contribution in [3.8, 4) is 0 Å². The van der Waals surface area contributed by atoms with E-state index in [1.165, 1.54) is 18.2 Å². The Morgan fingerprint density at radius 2 is 2.05 bits per heavy atom. The first-order valence-corrected chi connectivity index (χ1v) is 9.23. The number of nitrogens with zero attached hydrogens (tertiary/aromatic N) is 1. The summed E-state index contributed by atoms with van der Waals surface area (Å²) >= 11 is 5.86. The molecule has 0 aromatic heterocycles. The molecule has 1 aliphatic heterocycles. The molecule has 0 radical (unpaired) electrons. The maximum atomic E-state index is 12.1. The van der Waals surface area contributed by atoms with E-state index in [2.05, 4.69) is 10.2 Å². The summed E-state index contributed by atoms with van der Waals surface area (Å²) in [4.78, 5) is 14.3. The highest BCUT2D eigenvalue weighted by Crippen LogP contribution is 2.22. The number of rotatable bonds is 5. The van der Waals surface area contributed by atoms with Gasteiger partial charge in [-0.3, -0.25) is 9.69 Å². The van der Waals surface area contributed by atoms with Crippen molar-refractivity contribution in [2.45, 2.75) is 4.90 Å². The van der Waals surface area contributed by atoms with Gasteiger partial charge in [-0.05, 0) is 18.2 Å². The molecule has 1 amide bonds. The third-order valence-electron chi connectivity index (χ3n) is 3.41. The Morgan fingerprint density at radius 3 is 2.68 bits per heavy atom. The molecule has 8 heteroatoms. The van der Waals surface area contributed by atoms with Gasteiger partial charge < -0.3 is 10.1 Å². The molecule has 22 heavy (non-hydrogen) atoms. The van der Waals surface area contributed by atoms with E-state index in [1.54, 1.807) is 0 Å². The van der Waals surface area contributed by atoms with E-state index >= 15 is 0 Å². The molecule has 0 unspecified atom stereocenters. The van der Waals surface area contributed by atoms with Crippen LogP contribution >= 0.6 is 11.6 Å². The molecule has 1 N–H and O–H groups in total. The monoisotopic (exact) mass is 346 g/mol. The minimum absolute atomic E-state index is 0.0324. The number of nitrogens with one attached hydrogen (secondary N) is 1. The van der Waals surface area contributed by atoms with E-state index in [4.69, 9.17) is 16.3 Å². The highest BCUT2D eigenvalue weighted by Gasteiger charge is 2.16. The van der Waals surface area contributed by atoms with Crippen LogP contribution in [-0.2, 0) is 14.6 Å². The molecule has 0 atom stereocenters. The predicted octanol–water partition coefficient (Wildman–Crippen LogP) is 0.806. The second kappa shape index (κ2) is 7.41. The van der Waals surface area contributed by atoms with Crippen LogP contribution in [0.15, 0.2) is 23.1 Å². The Morgan fingerprint density at radius 1 is 1.36 bits per heavy atom. The molecule has 1 aromatic carbocycles. The fourth-order valence-corrected chi connectivity index (χ4v) is 3.48. The van der Waals surface area contributed by atoms with Crippen LogP contribution in [0, 0.1) is 0 Å². The van der Waals surface area contributed by atoms with Gasteiger partial charge in [0.05, 0.1) is 23.1 Å². The summed E-state index contributed by atoms with van der Waals surface area (Å²) in [6, 6.07) is 4.25. The lowest BCUT2D eigenvalue weighted by Gasteiger charge is -2.26. The van der Waals surface area contributed by atoms with Gasteiger partial charge in [-0.1, -0.05) is 11.6 Å². The molecule has 0 bridgehead atoms. The third kappa shape index (κ3) is 4.67. The Hall–Kier alpha value is -1.15. The third-order valence-corrected chi connectivity index (χ3v) is 4.99. The summed E-state index contributed by atoms with van der Waals surface area (Å²) in [7, 11) is -3.46. The van der Waals surface area contributed by atoms with Crippen LogP contribution in [0.25, 0.3) is 0 Å². The molecular weight excluding hydrogens is 328 g/mol. The first-order valence-electron chi connectivity index (χ1n) is 6.96. The Labute approximate surface area is 135 Å². The molecule has 1 fully saturated rings. The first kappa shape index (κ1) is 17.2. The first-order chi connectivity index (χ1) is 10.4. The molecule has 0 aliphatic carbocycles. The number of hydrogen-bond acceptors (Lipinski definition) is 5. The number of ether oxygens (including phenoxy) is 1. The van der Waals surface area contributed by atoms with Gasteiger partial charge >= 0.3 is 0 Å². The van der Waals surface area contributed by atoms with Gasteiger partial charge in [0.1, 0.15) is 0 Å². The quantitative estimate of drug-likeness (QED) is 0.853. The van der Waals surface area contributed by atoms with Crippen molar-refractivity contribution < 1.29 is 17.9 Å². The molecule has 2 rings (SSSR count). The summed E-state index contributed by atoms with van der Waals surface area (Å²) in [5.41, 5.74) is 0.284. The summed E-state index contributed by atoms with van der Waals surface area (Å²) in [6.45, 7) is 4.37. The normalized spacial score (nSPS) is 16.5. The van der Waals surface area contributed by atoms with Gasteiger partial charge in [0.15, 0.2) is 9.84 Å². The Kier molecular flexibility index (Phi) is 5.80. The maximum absolute atomic E-state index is 12.1. The highest BCUT2D eigenvalue weighted by molar-refractivity contribution is 7.90. The van der Waals surface area contributed by atoms with Crippen LogP contribution in [0.2, 0.25) is 5.02 Å². The fraction of sp³-hybridized carbons (Fsp3) is 0.500. The lowest BCUT2D eigenvalue weighted by molar-refractivity contribution is 0.0383. The van der Waals surface area contributed by atoms with E-state index in [1.807, 2.05) is 0 Å². The van der Waals surface area contributed by atoms with E-state index < -0.39 is 9.84 Å². The van der Waals surface area contributed by atoms with Gasteiger partial charge in [0.2, 0.25) is 0 Å². The number of hydrogen-bond donors (Lipinski definition) is 1. The van der Waals surface area contributed by atoms with Crippen molar-refractivity contribution >= 4 is 27.3 Å². The van der Waals surface area contributed by atoms with Crippen LogP contribution in [-0.4, -0.2) is 64.9 Å². The Balaban J connectivity index is 1.95. The molecule has 1 heterocycles. The molecule has 0 saturated carbocycles. The van der Waals surface area contributed by atoms with Crippen molar-refractivity contribution in [2.24, 2.45) is 0 Å². The minimum Gasteiger partial charge on any atom is -0.379 e. The summed E-state index contributed by atoms with van der Waals surface area (Å²) in [6.07, 6.45) is 1.06. The van der Waals surface area contributed by atoms with E-state index in [9.17, 15) is 13.2 Å². The number of carbonyl (C=O) groups excluding carboxylic acids is 1. The number of sulfone groups is 1. The smallest absolute Gasteiger partial charge is 0.251 e. The topological polar surface area (TPSA) is 75.7 Å². The van der Waals surface area contributed by atoms with Crippen molar-refractivity contribution in [3.63, 3.8) is 0 Å². The predicted molar refractivity (Wildman–Crippen MR) is 84.2 cm³/mol. The molecule has 1 aromatic rings. The lowest BCUT2D eigenvalue weighted by atomic mass is 10.2. The lowest BCUT2D eigenvalue weighted by Crippen LogP contribution is -2.41. The van der Waals surface area contributed by atoms with E-state index in [0.29, 0.717) is 19.8 Å². The van der Waals surface area contributed by atoms with Gasteiger partial charge in [-0.2, -0.15) is 0 Å². The van der Waals surface area contributed by atoms with Gasteiger partial charge in [0.25, 0.3) is 5.91 Å². The van der Waals surface area contributed by atoms with Crippen LogP contribution in [0.4, 0.5) is 0 Å². The van der Waals surface area contributed by atoms with Crippen molar-refractivity contribution in [2.75, 3.05) is 45.6 Å². The molecule has 1 saturated heterocycles. The molecule has 6 nitrogen and oxygen atoms in total. The molecule has 1 aliphatic rings. The largest absolute Gasteiger partial charge is 0.379 e. The van der Waals surface area contributed by atoms with Gasteiger partial charge in [0, 0.05) is 38.0 Å². The number of carbonyl (C=O) groups is 1. The van der Waals surface area contributed by atoms with Crippen molar-refractivity contribution in [1.82, 2.24) is 10.2 Å². The summed E-state index contributed by atoms with van der Waals surface area (Å²) < 4.78 is 28.5. The highest BCUT2D eigenvalue weighted by atomic mass is 35.5.